The van der Waals surface area contributed by atoms with Gasteiger partial charge in [0.15, 0.2) is 0 Å². The third-order valence-corrected chi connectivity index (χ3v) is 5.27. The molecular formula is C14H28N2O3S. The summed E-state index contributed by atoms with van der Waals surface area (Å²) in [5.74, 6) is 0.561. The molecule has 2 N–H and O–H groups in total. The fraction of sp³-hybridized carbons (Fsp3) is 0.929. The van der Waals surface area contributed by atoms with Crippen LogP contribution in [0.5, 0.6) is 0 Å². The van der Waals surface area contributed by atoms with Gasteiger partial charge in [-0.25, -0.2) is 8.42 Å². The second-order valence-electron chi connectivity index (χ2n) is 6.76. The smallest absolute Gasteiger partial charge is 0.222 e. The van der Waals surface area contributed by atoms with Gasteiger partial charge in [-0.2, -0.15) is 0 Å². The fourth-order valence-corrected chi connectivity index (χ4v) is 3.86. The first kappa shape index (κ1) is 17.4. The van der Waals surface area contributed by atoms with Gasteiger partial charge < -0.3 is 10.6 Å². The van der Waals surface area contributed by atoms with Crippen LogP contribution >= 0.6 is 0 Å². The Balaban J connectivity index is 2.43. The van der Waals surface area contributed by atoms with Crippen molar-refractivity contribution in [3.8, 4) is 0 Å². The topological polar surface area (TPSA) is 80.5 Å². The predicted octanol–water partition coefficient (Wildman–Crippen LogP) is 1.03. The molecule has 118 valence electrons. The van der Waals surface area contributed by atoms with Crippen molar-refractivity contribution in [1.29, 1.82) is 0 Å². The lowest BCUT2D eigenvalue weighted by Gasteiger charge is -2.23. The minimum Gasteiger partial charge on any atom is -0.346 e. The van der Waals surface area contributed by atoms with Gasteiger partial charge >= 0.3 is 0 Å². The van der Waals surface area contributed by atoms with Gasteiger partial charge in [-0.1, -0.05) is 13.8 Å². The van der Waals surface area contributed by atoms with Gasteiger partial charge in [0.1, 0.15) is 9.84 Å². The monoisotopic (exact) mass is 304 g/mol. The quantitative estimate of drug-likeness (QED) is 0.726. The Morgan fingerprint density at radius 3 is 2.30 bits per heavy atom. The van der Waals surface area contributed by atoms with Crippen molar-refractivity contribution in [3.05, 3.63) is 0 Å². The third kappa shape index (κ3) is 5.79. The molecule has 1 saturated carbocycles. The molecule has 0 aromatic heterocycles. The lowest BCUT2D eigenvalue weighted by molar-refractivity contribution is -0.131. The summed E-state index contributed by atoms with van der Waals surface area (Å²) in [5, 5.41) is 0. The SMILES string of the molecule is CC(C)C(N)CCN(C)C(=O)CC1(CS(C)(=O)=O)CC1. The Bertz CT molecular complexity index is 441. The molecule has 0 radical (unpaired) electrons. The molecule has 6 heteroatoms. The van der Waals surface area contributed by atoms with Crippen LogP contribution in [-0.4, -0.2) is 50.9 Å². The lowest BCUT2D eigenvalue weighted by atomic mass is 10.0. The molecule has 0 saturated heterocycles. The predicted molar refractivity (Wildman–Crippen MR) is 81.1 cm³/mol. The average Bonchev–Trinajstić information content (AvgIpc) is 3.01. The van der Waals surface area contributed by atoms with E-state index in [1.807, 2.05) is 0 Å². The standard InChI is InChI=1S/C14H28N2O3S/c1-11(2)12(15)5-8-16(3)13(17)9-14(6-7-14)10-20(4,18)19/h11-12H,5-10,15H2,1-4H3. The van der Waals surface area contributed by atoms with Crippen LogP contribution in [0.4, 0.5) is 0 Å². The van der Waals surface area contributed by atoms with Crippen molar-refractivity contribution < 1.29 is 13.2 Å². The second kappa shape index (κ2) is 6.43. The number of nitrogens with zero attached hydrogens (tertiary/aromatic N) is 1. The molecule has 1 amide bonds. The van der Waals surface area contributed by atoms with Crippen molar-refractivity contribution >= 4 is 15.7 Å². The van der Waals surface area contributed by atoms with Gasteiger partial charge in [0.2, 0.25) is 5.91 Å². The number of amides is 1. The molecule has 1 rings (SSSR count). The maximum absolute atomic E-state index is 12.2. The molecule has 0 bridgehead atoms. The number of hydrogen-bond acceptors (Lipinski definition) is 4. The van der Waals surface area contributed by atoms with E-state index in [1.54, 1.807) is 11.9 Å². The Labute approximate surface area is 122 Å². The molecule has 0 aromatic carbocycles. The molecule has 1 unspecified atom stereocenters. The molecule has 1 aliphatic rings. The first-order valence-corrected chi connectivity index (χ1v) is 9.28. The maximum Gasteiger partial charge on any atom is 0.222 e. The van der Waals surface area contributed by atoms with E-state index in [0.29, 0.717) is 18.9 Å². The van der Waals surface area contributed by atoms with E-state index in [1.165, 1.54) is 6.26 Å². The number of carbonyl (C=O) groups is 1. The van der Waals surface area contributed by atoms with Crippen molar-refractivity contribution in [3.63, 3.8) is 0 Å². The highest BCUT2D eigenvalue weighted by molar-refractivity contribution is 7.90. The Morgan fingerprint density at radius 2 is 1.90 bits per heavy atom. The van der Waals surface area contributed by atoms with Crippen LogP contribution in [0.1, 0.15) is 39.5 Å². The zero-order chi connectivity index (χ0) is 15.6. The fourth-order valence-electron chi connectivity index (χ4n) is 2.36. The molecule has 0 heterocycles. The highest BCUT2D eigenvalue weighted by Crippen LogP contribution is 2.50. The van der Waals surface area contributed by atoms with Gasteiger partial charge in [0.25, 0.3) is 0 Å². The van der Waals surface area contributed by atoms with E-state index in [0.717, 1.165) is 19.3 Å². The lowest BCUT2D eigenvalue weighted by Crippen LogP contribution is -2.36. The van der Waals surface area contributed by atoms with Crippen molar-refractivity contribution in [2.45, 2.75) is 45.6 Å². The Kier molecular flexibility index (Phi) is 5.61. The summed E-state index contributed by atoms with van der Waals surface area (Å²) < 4.78 is 22.8. The number of sulfone groups is 1. The highest BCUT2D eigenvalue weighted by atomic mass is 32.2. The number of nitrogens with two attached hydrogens (primary N) is 1. The number of hydrogen-bond donors (Lipinski definition) is 1. The van der Waals surface area contributed by atoms with Crippen LogP contribution in [0, 0.1) is 11.3 Å². The summed E-state index contributed by atoms with van der Waals surface area (Å²) in [7, 11) is -1.25. The minimum atomic E-state index is -3.02. The van der Waals surface area contributed by atoms with E-state index >= 15 is 0 Å². The van der Waals surface area contributed by atoms with E-state index in [2.05, 4.69) is 13.8 Å². The normalized spacial score (nSPS) is 18.9. The minimum absolute atomic E-state index is 0.0297. The van der Waals surface area contributed by atoms with Gasteiger partial charge in [-0.05, 0) is 30.6 Å². The zero-order valence-electron chi connectivity index (χ0n) is 13.1. The zero-order valence-corrected chi connectivity index (χ0v) is 13.9. The van der Waals surface area contributed by atoms with Crippen LogP contribution in [0.25, 0.3) is 0 Å². The summed E-state index contributed by atoms with van der Waals surface area (Å²) in [4.78, 5) is 13.8. The second-order valence-corrected chi connectivity index (χ2v) is 8.90. The maximum atomic E-state index is 12.2. The molecule has 5 nitrogen and oxygen atoms in total. The average molecular weight is 304 g/mol. The molecule has 0 aliphatic heterocycles. The third-order valence-electron chi connectivity index (χ3n) is 4.13. The summed E-state index contributed by atoms with van der Waals surface area (Å²) in [6, 6.07) is 0.0937. The molecule has 0 spiro atoms. The summed E-state index contributed by atoms with van der Waals surface area (Å²) in [6.07, 6.45) is 4.03. The van der Waals surface area contributed by atoms with E-state index in [-0.39, 0.29) is 23.1 Å². The van der Waals surface area contributed by atoms with Crippen LogP contribution in [-0.2, 0) is 14.6 Å². The van der Waals surface area contributed by atoms with Crippen molar-refractivity contribution in [2.24, 2.45) is 17.1 Å². The molecule has 0 aromatic rings. The summed E-state index contributed by atoms with van der Waals surface area (Å²) in [5.41, 5.74) is 5.68. The summed E-state index contributed by atoms with van der Waals surface area (Å²) in [6.45, 7) is 4.77. The van der Waals surface area contributed by atoms with Crippen molar-refractivity contribution in [2.75, 3.05) is 25.6 Å². The Hall–Kier alpha value is -0.620. The van der Waals surface area contributed by atoms with Gasteiger partial charge in [0, 0.05) is 32.3 Å². The molecule has 1 fully saturated rings. The van der Waals surface area contributed by atoms with Gasteiger partial charge in [0.05, 0.1) is 5.75 Å². The molecule has 20 heavy (non-hydrogen) atoms. The number of carbonyl (C=O) groups excluding carboxylic acids is 1. The van der Waals surface area contributed by atoms with Crippen LogP contribution in [0.15, 0.2) is 0 Å². The first-order chi connectivity index (χ1) is 9.05. The first-order valence-electron chi connectivity index (χ1n) is 7.22. The largest absolute Gasteiger partial charge is 0.346 e. The van der Waals surface area contributed by atoms with E-state index < -0.39 is 9.84 Å². The molecule has 1 atom stereocenters. The van der Waals surface area contributed by atoms with E-state index in [9.17, 15) is 13.2 Å². The van der Waals surface area contributed by atoms with Gasteiger partial charge in [-0.3, -0.25) is 4.79 Å². The molecular weight excluding hydrogens is 276 g/mol. The molecule has 1 aliphatic carbocycles. The van der Waals surface area contributed by atoms with Crippen LogP contribution in [0.3, 0.4) is 0 Å². The highest BCUT2D eigenvalue weighted by Gasteiger charge is 2.47. The van der Waals surface area contributed by atoms with Gasteiger partial charge in [-0.15, -0.1) is 0 Å². The number of rotatable bonds is 8. The van der Waals surface area contributed by atoms with Crippen LogP contribution in [0.2, 0.25) is 0 Å². The van der Waals surface area contributed by atoms with Crippen LogP contribution < -0.4 is 5.73 Å². The Morgan fingerprint density at radius 1 is 1.35 bits per heavy atom. The van der Waals surface area contributed by atoms with E-state index in [4.69, 9.17) is 5.73 Å². The summed E-state index contributed by atoms with van der Waals surface area (Å²) >= 11 is 0. The van der Waals surface area contributed by atoms with Crippen molar-refractivity contribution in [1.82, 2.24) is 4.90 Å².